The number of rotatable bonds is 6. The molecule has 3 N–H and O–H groups in total. The SMILES string of the molecule is COc1cc(CN(C)CCC(F)(F)F)ccc1C(=N)N. The maximum atomic E-state index is 12.1. The van der Waals surface area contributed by atoms with Crippen molar-refractivity contribution >= 4 is 5.84 Å². The maximum Gasteiger partial charge on any atom is 0.390 e. The number of halogens is 3. The number of hydrogen-bond acceptors (Lipinski definition) is 3. The van der Waals surface area contributed by atoms with Crippen LogP contribution in [0.2, 0.25) is 0 Å². The summed E-state index contributed by atoms with van der Waals surface area (Å²) in [6, 6.07) is 5.04. The second-order valence-electron chi connectivity index (χ2n) is 4.55. The van der Waals surface area contributed by atoms with Gasteiger partial charge in [0.1, 0.15) is 11.6 Å². The van der Waals surface area contributed by atoms with Gasteiger partial charge in [0.2, 0.25) is 0 Å². The minimum absolute atomic E-state index is 0.0692. The first-order valence-electron chi connectivity index (χ1n) is 5.99. The van der Waals surface area contributed by atoms with Gasteiger partial charge in [-0.15, -0.1) is 0 Å². The van der Waals surface area contributed by atoms with Crippen molar-refractivity contribution in [1.82, 2.24) is 4.90 Å². The van der Waals surface area contributed by atoms with E-state index in [1.54, 1.807) is 30.1 Å². The fourth-order valence-electron chi connectivity index (χ4n) is 1.76. The number of methoxy groups -OCH3 is 1. The largest absolute Gasteiger partial charge is 0.496 e. The molecule has 0 radical (unpaired) electrons. The molecule has 0 amide bonds. The number of nitrogens with two attached hydrogens (primary N) is 1. The van der Waals surface area contributed by atoms with E-state index in [9.17, 15) is 13.2 Å². The van der Waals surface area contributed by atoms with Gasteiger partial charge in [-0.2, -0.15) is 13.2 Å². The van der Waals surface area contributed by atoms with Gasteiger partial charge < -0.3 is 15.4 Å². The first kappa shape index (κ1) is 16.3. The molecule has 0 bridgehead atoms. The molecule has 1 aromatic rings. The lowest BCUT2D eigenvalue weighted by Gasteiger charge is -2.18. The molecule has 0 unspecified atom stereocenters. The highest BCUT2D eigenvalue weighted by molar-refractivity contribution is 5.97. The van der Waals surface area contributed by atoms with Crippen LogP contribution in [-0.4, -0.2) is 37.6 Å². The molecule has 0 saturated heterocycles. The second-order valence-corrected chi connectivity index (χ2v) is 4.55. The van der Waals surface area contributed by atoms with Crippen LogP contribution < -0.4 is 10.5 Å². The Morgan fingerprint density at radius 3 is 2.55 bits per heavy atom. The molecule has 0 saturated carbocycles. The first-order valence-corrected chi connectivity index (χ1v) is 5.99. The number of alkyl halides is 3. The topological polar surface area (TPSA) is 62.3 Å². The molecule has 0 aliphatic carbocycles. The van der Waals surface area contributed by atoms with Crippen LogP contribution in [0.3, 0.4) is 0 Å². The zero-order valence-corrected chi connectivity index (χ0v) is 11.4. The van der Waals surface area contributed by atoms with E-state index < -0.39 is 12.6 Å². The van der Waals surface area contributed by atoms with Crippen molar-refractivity contribution < 1.29 is 17.9 Å². The van der Waals surface area contributed by atoms with E-state index in [2.05, 4.69) is 0 Å². The van der Waals surface area contributed by atoms with Crippen LogP contribution in [0.15, 0.2) is 18.2 Å². The number of benzene rings is 1. The Balaban J connectivity index is 2.71. The van der Waals surface area contributed by atoms with Crippen molar-refractivity contribution in [3.63, 3.8) is 0 Å². The van der Waals surface area contributed by atoms with Crippen LogP contribution in [0.25, 0.3) is 0 Å². The average molecular weight is 289 g/mol. The molecule has 1 rings (SSSR count). The van der Waals surface area contributed by atoms with Crippen molar-refractivity contribution in [2.24, 2.45) is 5.73 Å². The van der Waals surface area contributed by atoms with Crippen LogP contribution in [-0.2, 0) is 6.54 Å². The summed E-state index contributed by atoms with van der Waals surface area (Å²) in [6.07, 6.45) is -4.99. The monoisotopic (exact) mass is 289 g/mol. The van der Waals surface area contributed by atoms with E-state index in [1.807, 2.05) is 0 Å². The van der Waals surface area contributed by atoms with E-state index in [0.717, 1.165) is 5.56 Å². The summed E-state index contributed by atoms with van der Waals surface area (Å²) in [5.74, 6) is 0.332. The fourth-order valence-corrected chi connectivity index (χ4v) is 1.76. The van der Waals surface area contributed by atoms with Crippen molar-refractivity contribution in [2.45, 2.75) is 19.1 Å². The lowest BCUT2D eigenvalue weighted by Crippen LogP contribution is -2.24. The molecule has 0 aliphatic rings. The molecular formula is C13H18F3N3O. The predicted molar refractivity (Wildman–Crippen MR) is 71.0 cm³/mol. The van der Waals surface area contributed by atoms with Crippen LogP contribution in [0, 0.1) is 5.41 Å². The summed E-state index contributed by atoms with van der Waals surface area (Å²) in [5, 5.41) is 7.39. The highest BCUT2D eigenvalue weighted by atomic mass is 19.4. The van der Waals surface area contributed by atoms with E-state index in [1.165, 1.54) is 7.11 Å². The molecule has 0 heterocycles. The van der Waals surface area contributed by atoms with Gasteiger partial charge in [0.25, 0.3) is 0 Å². The number of amidine groups is 1. The molecule has 0 aliphatic heterocycles. The summed E-state index contributed by atoms with van der Waals surface area (Å²) in [7, 11) is 3.08. The minimum Gasteiger partial charge on any atom is -0.496 e. The molecule has 7 heteroatoms. The Hall–Kier alpha value is -1.76. The number of ether oxygens (including phenoxy) is 1. The van der Waals surface area contributed by atoms with Gasteiger partial charge in [-0.3, -0.25) is 5.41 Å². The predicted octanol–water partition coefficient (Wildman–Crippen LogP) is 2.36. The van der Waals surface area contributed by atoms with E-state index in [0.29, 0.717) is 17.9 Å². The van der Waals surface area contributed by atoms with Gasteiger partial charge >= 0.3 is 6.18 Å². The van der Waals surface area contributed by atoms with Crippen LogP contribution in [0.4, 0.5) is 13.2 Å². The smallest absolute Gasteiger partial charge is 0.390 e. The number of nitrogens with zero attached hydrogens (tertiary/aromatic N) is 1. The average Bonchev–Trinajstić information content (AvgIpc) is 2.35. The Bertz CT molecular complexity index is 474. The number of hydrogen-bond donors (Lipinski definition) is 2. The summed E-state index contributed by atoms with van der Waals surface area (Å²) >= 11 is 0. The first-order chi connectivity index (χ1) is 9.23. The van der Waals surface area contributed by atoms with Crippen molar-refractivity contribution in [3.8, 4) is 5.75 Å². The van der Waals surface area contributed by atoms with Gasteiger partial charge in [-0.25, -0.2) is 0 Å². The fraction of sp³-hybridized carbons (Fsp3) is 0.462. The van der Waals surface area contributed by atoms with Crippen LogP contribution in [0.5, 0.6) is 5.75 Å². The molecular weight excluding hydrogens is 271 g/mol. The summed E-state index contributed by atoms with van der Waals surface area (Å²) in [4.78, 5) is 1.58. The molecule has 0 fully saturated rings. The van der Waals surface area contributed by atoms with E-state index in [4.69, 9.17) is 15.9 Å². The summed E-state index contributed by atoms with van der Waals surface area (Å²) < 4.78 is 41.5. The van der Waals surface area contributed by atoms with E-state index >= 15 is 0 Å². The number of nitrogen functional groups attached to an aromatic ring is 1. The molecule has 20 heavy (non-hydrogen) atoms. The molecule has 112 valence electrons. The van der Waals surface area contributed by atoms with Crippen molar-refractivity contribution in [2.75, 3.05) is 20.7 Å². The zero-order valence-electron chi connectivity index (χ0n) is 11.4. The minimum atomic E-state index is -4.15. The summed E-state index contributed by atoms with van der Waals surface area (Å²) in [5.41, 5.74) is 6.67. The highest BCUT2D eigenvalue weighted by Gasteiger charge is 2.27. The third kappa shape index (κ3) is 5.08. The molecule has 0 atom stereocenters. The maximum absolute atomic E-state index is 12.1. The van der Waals surface area contributed by atoms with E-state index in [-0.39, 0.29) is 12.4 Å². The van der Waals surface area contributed by atoms with Crippen LogP contribution >= 0.6 is 0 Å². The van der Waals surface area contributed by atoms with Crippen LogP contribution in [0.1, 0.15) is 17.5 Å². The lowest BCUT2D eigenvalue weighted by molar-refractivity contribution is -0.137. The standard InChI is InChI=1S/C13H18F3N3O/c1-19(6-5-13(14,15)16)8-9-3-4-10(12(17)18)11(7-9)20-2/h3-4,7H,5-6,8H2,1-2H3,(H3,17,18). The van der Waals surface area contributed by atoms with Gasteiger partial charge in [0.15, 0.2) is 0 Å². The van der Waals surface area contributed by atoms with Crippen molar-refractivity contribution in [1.29, 1.82) is 5.41 Å². The molecule has 0 spiro atoms. The summed E-state index contributed by atoms with van der Waals surface area (Å²) in [6.45, 7) is 0.297. The zero-order chi connectivity index (χ0) is 15.3. The Morgan fingerprint density at radius 2 is 2.05 bits per heavy atom. The van der Waals surface area contributed by atoms with Gasteiger partial charge in [0.05, 0.1) is 19.1 Å². The van der Waals surface area contributed by atoms with Gasteiger partial charge in [0, 0.05) is 13.1 Å². The van der Waals surface area contributed by atoms with Gasteiger partial charge in [-0.1, -0.05) is 6.07 Å². The third-order valence-corrected chi connectivity index (χ3v) is 2.79. The normalized spacial score (nSPS) is 11.7. The molecule has 0 aromatic heterocycles. The number of nitrogens with one attached hydrogen (secondary N) is 1. The molecule has 4 nitrogen and oxygen atoms in total. The Kier molecular flexibility index (Phi) is 5.38. The Morgan fingerprint density at radius 1 is 1.40 bits per heavy atom. The lowest BCUT2D eigenvalue weighted by atomic mass is 10.1. The van der Waals surface area contributed by atoms with Crippen molar-refractivity contribution in [3.05, 3.63) is 29.3 Å². The third-order valence-electron chi connectivity index (χ3n) is 2.79. The highest BCUT2D eigenvalue weighted by Crippen LogP contribution is 2.22. The quantitative estimate of drug-likeness (QED) is 0.624. The Labute approximate surface area is 115 Å². The molecule has 1 aromatic carbocycles. The van der Waals surface area contributed by atoms with Gasteiger partial charge in [-0.05, 0) is 24.7 Å². The second kappa shape index (κ2) is 6.60.